The molecule has 1 heterocycles. The first kappa shape index (κ1) is 22.5. The van der Waals surface area contributed by atoms with Crippen molar-refractivity contribution in [3.8, 4) is 0 Å². The van der Waals surface area contributed by atoms with Crippen molar-refractivity contribution in [1.82, 2.24) is 0 Å². The molecule has 0 aliphatic heterocycles. The molecule has 4 aromatic carbocycles. The average Bonchev–Trinajstić information content (AvgIpc) is 3.44. The Morgan fingerprint density at radius 3 is 2.14 bits per heavy atom. The molecule has 0 bridgehead atoms. The molecular weight excluding hydrogens is 456 g/mol. The quantitative estimate of drug-likeness (QED) is 0.244. The van der Waals surface area contributed by atoms with Gasteiger partial charge in [-0.2, -0.15) is 0 Å². The molecule has 2 amide bonds. The number of carbonyl (C=O) groups excluding carboxylic acids is 2. The minimum atomic E-state index is -0.453. The van der Waals surface area contributed by atoms with E-state index in [1.807, 2.05) is 97.1 Å². The first-order chi connectivity index (χ1) is 17.2. The highest BCUT2D eigenvalue weighted by molar-refractivity contribution is 8.00. The minimum absolute atomic E-state index is 0.105. The van der Waals surface area contributed by atoms with E-state index in [9.17, 15) is 9.59 Å². The van der Waals surface area contributed by atoms with Gasteiger partial charge in [0.25, 0.3) is 5.91 Å². The third kappa shape index (κ3) is 5.45. The van der Waals surface area contributed by atoms with E-state index >= 15 is 0 Å². The second kappa shape index (κ2) is 10.3. The Balaban J connectivity index is 1.33. The van der Waals surface area contributed by atoms with Crippen LogP contribution in [-0.2, 0) is 4.79 Å². The van der Waals surface area contributed by atoms with Crippen molar-refractivity contribution < 1.29 is 14.0 Å². The second-order valence-electron chi connectivity index (χ2n) is 7.92. The van der Waals surface area contributed by atoms with Gasteiger partial charge in [-0.05, 0) is 64.9 Å². The van der Waals surface area contributed by atoms with E-state index in [4.69, 9.17) is 4.42 Å². The van der Waals surface area contributed by atoms with Gasteiger partial charge >= 0.3 is 0 Å². The number of hydrogen-bond acceptors (Lipinski definition) is 4. The molecule has 5 aromatic rings. The fraction of sp³-hybridized carbons (Fsp3) is 0.0345. The largest absolute Gasteiger partial charge is 0.459 e. The van der Waals surface area contributed by atoms with Crippen LogP contribution in [0.3, 0.4) is 0 Å². The van der Waals surface area contributed by atoms with Gasteiger partial charge in [-0.15, -0.1) is 11.8 Å². The Morgan fingerprint density at radius 1 is 0.686 bits per heavy atom. The van der Waals surface area contributed by atoms with Crippen molar-refractivity contribution in [1.29, 1.82) is 0 Å². The number of benzene rings is 4. The van der Waals surface area contributed by atoms with Gasteiger partial charge in [0.1, 0.15) is 5.25 Å². The number of fused-ring (bicyclic) bond motifs is 1. The predicted molar refractivity (Wildman–Crippen MR) is 141 cm³/mol. The summed E-state index contributed by atoms with van der Waals surface area (Å²) >= 11 is 1.45. The van der Waals surface area contributed by atoms with Crippen molar-refractivity contribution in [2.75, 3.05) is 10.6 Å². The maximum atomic E-state index is 13.4. The summed E-state index contributed by atoms with van der Waals surface area (Å²) in [6, 6.07) is 34.3. The molecule has 35 heavy (non-hydrogen) atoms. The maximum Gasteiger partial charge on any atom is 0.291 e. The lowest BCUT2D eigenvalue weighted by atomic mass is 10.1. The lowest BCUT2D eigenvalue weighted by molar-refractivity contribution is -0.115. The van der Waals surface area contributed by atoms with E-state index in [0.29, 0.717) is 5.69 Å². The van der Waals surface area contributed by atoms with Gasteiger partial charge < -0.3 is 15.1 Å². The molecule has 0 saturated heterocycles. The number of nitrogens with one attached hydrogen (secondary N) is 2. The predicted octanol–water partition coefficient (Wildman–Crippen LogP) is 7.16. The maximum absolute atomic E-state index is 13.4. The molecule has 2 N–H and O–H groups in total. The van der Waals surface area contributed by atoms with Crippen LogP contribution in [0.25, 0.3) is 10.8 Å². The summed E-state index contributed by atoms with van der Waals surface area (Å²) < 4.78 is 5.13. The summed E-state index contributed by atoms with van der Waals surface area (Å²) in [4.78, 5) is 26.5. The molecule has 6 heteroatoms. The lowest BCUT2D eigenvalue weighted by Gasteiger charge is -2.18. The number of hydrogen-bond donors (Lipinski definition) is 2. The molecule has 5 nitrogen and oxygen atoms in total. The topological polar surface area (TPSA) is 71.3 Å². The van der Waals surface area contributed by atoms with Crippen LogP contribution in [-0.4, -0.2) is 11.8 Å². The first-order valence-corrected chi connectivity index (χ1v) is 12.0. The van der Waals surface area contributed by atoms with Crippen molar-refractivity contribution in [3.05, 3.63) is 127 Å². The number of anilines is 2. The van der Waals surface area contributed by atoms with E-state index in [-0.39, 0.29) is 17.6 Å². The molecule has 0 saturated carbocycles. The average molecular weight is 479 g/mol. The lowest BCUT2D eigenvalue weighted by Crippen LogP contribution is -2.19. The van der Waals surface area contributed by atoms with Crippen LogP contribution in [0.2, 0.25) is 0 Å². The van der Waals surface area contributed by atoms with Crippen LogP contribution in [0.15, 0.2) is 125 Å². The van der Waals surface area contributed by atoms with Gasteiger partial charge in [-0.1, -0.05) is 60.7 Å². The van der Waals surface area contributed by atoms with Gasteiger partial charge in [0.05, 0.1) is 6.26 Å². The molecule has 0 aliphatic rings. The number of carbonyl (C=O) groups is 2. The number of furan rings is 1. The zero-order chi connectivity index (χ0) is 24.0. The van der Waals surface area contributed by atoms with Gasteiger partial charge in [0, 0.05) is 16.3 Å². The molecular formula is C29H22N2O3S. The molecule has 0 aliphatic carbocycles. The number of rotatable bonds is 7. The van der Waals surface area contributed by atoms with Crippen molar-refractivity contribution >= 4 is 45.7 Å². The Bertz CT molecular complexity index is 1450. The summed E-state index contributed by atoms with van der Waals surface area (Å²) in [5, 5.41) is 7.63. The fourth-order valence-corrected chi connectivity index (χ4v) is 4.75. The fourth-order valence-electron chi connectivity index (χ4n) is 3.73. The molecule has 0 fully saturated rings. The van der Waals surface area contributed by atoms with Gasteiger partial charge in [-0.25, -0.2) is 0 Å². The van der Waals surface area contributed by atoms with Crippen LogP contribution in [0, 0.1) is 0 Å². The summed E-state index contributed by atoms with van der Waals surface area (Å²) in [5.41, 5.74) is 2.31. The molecule has 0 radical (unpaired) electrons. The van der Waals surface area contributed by atoms with E-state index in [2.05, 4.69) is 10.6 Å². The summed E-state index contributed by atoms with van der Waals surface area (Å²) in [6.07, 6.45) is 1.46. The highest BCUT2D eigenvalue weighted by atomic mass is 32.2. The van der Waals surface area contributed by atoms with Gasteiger partial charge in [0.2, 0.25) is 5.91 Å². The minimum Gasteiger partial charge on any atom is -0.459 e. The first-order valence-electron chi connectivity index (χ1n) is 11.1. The number of amides is 2. The van der Waals surface area contributed by atoms with Crippen LogP contribution >= 0.6 is 11.8 Å². The normalized spacial score (nSPS) is 11.7. The highest BCUT2D eigenvalue weighted by Gasteiger charge is 2.22. The smallest absolute Gasteiger partial charge is 0.291 e. The summed E-state index contributed by atoms with van der Waals surface area (Å²) in [7, 11) is 0. The van der Waals surface area contributed by atoms with Crippen LogP contribution in [0.1, 0.15) is 21.4 Å². The summed E-state index contributed by atoms with van der Waals surface area (Å²) in [5.74, 6) is -0.169. The standard InChI is InChI=1S/C29H22N2O3S/c32-28(26-11-6-18-34-26)30-23-14-16-25(17-15-23)35-27(21-8-2-1-3-9-21)29(33)31-24-13-12-20-7-4-5-10-22(20)19-24/h1-19,27H,(H,30,32)(H,31,33). The van der Waals surface area contributed by atoms with Crippen molar-refractivity contribution in [2.45, 2.75) is 10.1 Å². The van der Waals surface area contributed by atoms with E-state index in [1.165, 1.54) is 18.0 Å². The Morgan fingerprint density at radius 2 is 1.40 bits per heavy atom. The molecule has 0 spiro atoms. The zero-order valence-electron chi connectivity index (χ0n) is 18.7. The molecule has 5 rings (SSSR count). The zero-order valence-corrected chi connectivity index (χ0v) is 19.5. The molecule has 1 aromatic heterocycles. The van der Waals surface area contributed by atoms with Crippen molar-refractivity contribution in [3.63, 3.8) is 0 Å². The van der Waals surface area contributed by atoms with Crippen LogP contribution in [0.5, 0.6) is 0 Å². The number of thioether (sulfide) groups is 1. The van der Waals surface area contributed by atoms with E-state index < -0.39 is 5.25 Å². The second-order valence-corrected chi connectivity index (χ2v) is 9.09. The monoisotopic (exact) mass is 478 g/mol. The molecule has 1 unspecified atom stereocenters. The molecule has 1 atom stereocenters. The van der Waals surface area contributed by atoms with E-state index in [1.54, 1.807) is 12.1 Å². The Kier molecular flexibility index (Phi) is 6.63. The SMILES string of the molecule is O=C(Nc1ccc(SC(C(=O)Nc2ccc3ccccc3c2)c2ccccc2)cc1)c1ccco1. The highest BCUT2D eigenvalue weighted by Crippen LogP contribution is 2.37. The van der Waals surface area contributed by atoms with Gasteiger partial charge in [-0.3, -0.25) is 9.59 Å². The van der Waals surface area contributed by atoms with Crippen LogP contribution in [0.4, 0.5) is 11.4 Å². The Hall–Kier alpha value is -4.29. The third-order valence-electron chi connectivity index (χ3n) is 5.47. The third-order valence-corrected chi connectivity index (χ3v) is 6.73. The summed E-state index contributed by atoms with van der Waals surface area (Å²) in [6.45, 7) is 0. The van der Waals surface area contributed by atoms with Crippen molar-refractivity contribution in [2.24, 2.45) is 0 Å². The van der Waals surface area contributed by atoms with Gasteiger partial charge in [0.15, 0.2) is 5.76 Å². The Labute approximate surface area is 207 Å². The van der Waals surface area contributed by atoms with E-state index in [0.717, 1.165) is 26.9 Å². The van der Waals surface area contributed by atoms with Crippen LogP contribution < -0.4 is 10.6 Å². The molecule has 172 valence electrons.